The Balaban J connectivity index is 1.47. The highest BCUT2D eigenvalue weighted by atomic mass is 16.6. The van der Waals surface area contributed by atoms with Crippen LogP contribution in [0, 0.1) is 0 Å². The maximum Gasteiger partial charge on any atom is 0.434 e. The van der Waals surface area contributed by atoms with E-state index in [-0.39, 0.29) is 19.1 Å². The number of nitrogens with zero attached hydrogens (tertiary/aromatic N) is 1. The molecule has 3 aromatic carbocycles. The van der Waals surface area contributed by atoms with Crippen molar-refractivity contribution >= 4 is 6.09 Å². The Labute approximate surface area is 152 Å². The maximum absolute atomic E-state index is 12.2. The van der Waals surface area contributed by atoms with E-state index in [1.165, 1.54) is 11.1 Å². The minimum absolute atomic E-state index is 0.0172. The van der Waals surface area contributed by atoms with Crippen LogP contribution in [-0.2, 0) is 11.3 Å². The van der Waals surface area contributed by atoms with Crippen molar-refractivity contribution in [1.82, 2.24) is 5.06 Å². The molecular formula is C22H19NO3. The Morgan fingerprint density at radius 3 is 2.00 bits per heavy atom. The molecule has 0 unspecified atom stereocenters. The first-order valence-electron chi connectivity index (χ1n) is 8.59. The standard InChI is InChI=1S/C22H19NO3/c24-22(23(25)14-16-8-2-1-3-9-16)26-15-21-19-12-6-4-10-17(19)18-11-5-7-13-20(18)21/h1-13,21,25H,14-15H2. The van der Waals surface area contributed by atoms with Gasteiger partial charge in [-0.05, 0) is 27.8 Å². The summed E-state index contributed by atoms with van der Waals surface area (Å²) < 4.78 is 5.41. The highest BCUT2D eigenvalue weighted by Gasteiger charge is 2.29. The quantitative estimate of drug-likeness (QED) is 0.544. The lowest BCUT2D eigenvalue weighted by Gasteiger charge is -2.18. The van der Waals surface area contributed by atoms with Gasteiger partial charge in [0.25, 0.3) is 0 Å². The van der Waals surface area contributed by atoms with Gasteiger partial charge in [0.15, 0.2) is 0 Å². The van der Waals surface area contributed by atoms with Gasteiger partial charge in [0.2, 0.25) is 0 Å². The molecule has 0 fully saturated rings. The molecule has 0 bridgehead atoms. The Morgan fingerprint density at radius 2 is 1.38 bits per heavy atom. The van der Waals surface area contributed by atoms with Crippen LogP contribution in [0.1, 0.15) is 22.6 Å². The molecule has 4 nitrogen and oxygen atoms in total. The third-order valence-corrected chi connectivity index (χ3v) is 4.72. The van der Waals surface area contributed by atoms with Crippen LogP contribution in [0.15, 0.2) is 78.9 Å². The van der Waals surface area contributed by atoms with Crippen molar-refractivity contribution in [3.63, 3.8) is 0 Å². The number of rotatable bonds is 4. The number of amides is 1. The van der Waals surface area contributed by atoms with Crippen LogP contribution >= 0.6 is 0 Å². The van der Waals surface area contributed by atoms with Crippen molar-refractivity contribution in [2.45, 2.75) is 12.5 Å². The first-order valence-corrected chi connectivity index (χ1v) is 8.59. The lowest BCUT2D eigenvalue weighted by molar-refractivity contribution is -0.0814. The minimum atomic E-state index is -0.740. The van der Waals surface area contributed by atoms with Gasteiger partial charge in [-0.2, -0.15) is 5.06 Å². The minimum Gasteiger partial charge on any atom is -0.447 e. The summed E-state index contributed by atoms with van der Waals surface area (Å²) in [6.45, 7) is 0.288. The Hall–Kier alpha value is -3.11. The molecule has 0 aromatic heterocycles. The molecule has 4 heteroatoms. The van der Waals surface area contributed by atoms with E-state index in [0.29, 0.717) is 5.06 Å². The fourth-order valence-corrected chi connectivity index (χ4v) is 3.49. The Morgan fingerprint density at radius 1 is 0.846 bits per heavy atom. The summed E-state index contributed by atoms with van der Waals surface area (Å²) in [5.74, 6) is -0.0172. The third-order valence-electron chi connectivity index (χ3n) is 4.72. The van der Waals surface area contributed by atoms with Crippen LogP contribution in [0.25, 0.3) is 11.1 Å². The van der Waals surface area contributed by atoms with Crippen LogP contribution in [-0.4, -0.2) is 23.0 Å². The number of hydroxylamine groups is 2. The summed E-state index contributed by atoms with van der Waals surface area (Å²) in [5, 5.41) is 10.6. The van der Waals surface area contributed by atoms with Crippen LogP contribution in [0.2, 0.25) is 0 Å². The zero-order valence-electron chi connectivity index (χ0n) is 14.2. The van der Waals surface area contributed by atoms with Crippen LogP contribution in [0.5, 0.6) is 0 Å². The molecule has 1 aliphatic rings. The molecule has 3 aromatic rings. The summed E-state index contributed by atoms with van der Waals surface area (Å²) in [5.41, 5.74) is 5.48. The predicted octanol–water partition coefficient (Wildman–Crippen LogP) is 4.83. The monoisotopic (exact) mass is 345 g/mol. The van der Waals surface area contributed by atoms with Gasteiger partial charge in [-0.3, -0.25) is 5.21 Å². The molecule has 0 heterocycles. The fraction of sp³-hybridized carbons (Fsp3) is 0.136. The van der Waals surface area contributed by atoms with E-state index in [4.69, 9.17) is 4.74 Å². The van der Waals surface area contributed by atoms with Crippen molar-refractivity contribution in [3.05, 3.63) is 95.6 Å². The molecule has 0 spiro atoms. The average molecular weight is 345 g/mol. The Bertz CT molecular complexity index is 878. The van der Waals surface area contributed by atoms with E-state index < -0.39 is 6.09 Å². The van der Waals surface area contributed by atoms with Crippen LogP contribution in [0.3, 0.4) is 0 Å². The number of fused-ring (bicyclic) bond motifs is 3. The molecule has 4 rings (SSSR count). The zero-order chi connectivity index (χ0) is 17.9. The highest BCUT2D eigenvalue weighted by Crippen LogP contribution is 2.44. The highest BCUT2D eigenvalue weighted by molar-refractivity contribution is 5.79. The summed E-state index contributed by atoms with van der Waals surface area (Å²) in [4.78, 5) is 12.2. The van der Waals surface area contributed by atoms with Gasteiger partial charge in [-0.15, -0.1) is 0 Å². The second-order valence-electron chi connectivity index (χ2n) is 6.35. The second kappa shape index (κ2) is 7.02. The predicted molar refractivity (Wildman–Crippen MR) is 98.8 cm³/mol. The number of hydrogen-bond donors (Lipinski definition) is 1. The van der Waals surface area contributed by atoms with Gasteiger partial charge in [0.1, 0.15) is 6.61 Å². The van der Waals surface area contributed by atoms with Crippen LogP contribution < -0.4 is 0 Å². The van der Waals surface area contributed by atoms with Crippen molar-refractivity contribution in [3.8, 4) is 11.1 Å². The normalized spacial score (nSPS) is 12.3. The number of hydrogen-bond acceptors (Lipinski definition) is 3. The van der Waals surface area contributed by atoms with E-state index in [2.05, 4.69) is 24.3 Å². The molecule has 26 heavy (non-hydrogen) atoms. The van der Waals surface area contributed by atoms with Gasteiger partial charge in [-0.25, -0.2) is 4.79 Å². The van der Waals surface area contributed by atoms with Gasteiger partial charge in [0, 0.05) is 5.92 Å². The Kier molecular flexibility index (Phi) is 4.42. The first kappa shape index (κ1) is 16.4. The lowest BCUT2D eigenvalue weighted by Crippen LogP contribution is -2.29. The second-order valence-corrected chi connectivity index (χ2v) is 6.35. The molecule has 1 aliphatic carbocycles. The third kappa shape index (κ3) is 3.07. The van der Waals surface area contributed by atoms with E-state index in [9.17, 15) is 10.0 Å². The van der Waals surface area contributed by atoms with Crippen molar-refractivity contribution in [2.24, 2.45) is 0 Å². The molecule has 0 saturated heterocycles. The molecule has 1 amide bonds. The molecule has 0 radical (unpaired) electrons. The summed E-state index contributed by atoms with van der Waals surface area (Å²) in [7, 11) is 0. The summed E-state index contributed by atoms with van der Waals surface area (Å²) >= 11 is 0. The average Bonchev–Trinajstić information content (AvgIpc) is 3.01. The number of benzene rings is 3. The van der Waals surface area contributed by atoms with Crippen molar-refractivity contribution in [2.75, 3.05) is 6.61 Å². The van der Waals surface area contributed by atoms with Gasteiger partial charge in [-0.1, -0.05) is 78.9 Å². The molecule has 1 N–H and O–H groups in total. The summed E-state index contributed by atoms with van der Waals surface area (Å²) in [6.07, 6.45) is -0.740. The largest absolute Gasteiger partial charge is 0.447 e. The van der Waals surface area contributed by atoms with E-state index in [1.54, 1.807) is 0 Å². The van der Waals surface area contributed by atoms with Gasteiger partial charge in [0.05, 0.1) is 6.54 Å². The smallest absolute Gasteiger partial charge is 0.434 e. The fourth-order valence-electron chi connectivity index (χ4n) is 3.49. The van der Waals surface area contributed by atoms with Gasteiger partial charge < -0.3 is 4.74 Å². The molecule has 130 valence electrons. The van der Waals surface area contributed by atoms with Gasteiger partial charge >= 0.3 is 6.09 Å². The van der Waals surface area contributed by atoms with Crippen LogP contribution in [0.4, 0.5) is 4.79 Å². The number of carbonyl (C=O) groups excluding carboxylic acids is 1. The molecular weight excluding hydrogens is 326 g/mol. The first-order chi connectivity index (χ1) is 12.7. The topological polar surface area (TPSA) is 49.8 Å². The van der Waals surface area contributed by atoms with E-state index in [1.807, 2.05) is 54.6 Å². The zero-order valence-corrected chi connectivity index (χ0v) is 14.2. The molecule has 0 saturated carbocycles. The van der Waals surface area contributed by atoms with E-state index in [0.717, 1.165) is 16.7 Å². The number of carbonyl (C=O) groups is 1. The van der Waals surface area contributed by atoms with Crippen molar-refractivity contribution in [1.29, 1.82) is 0 Å². The maximum atomic E-state index is 12.2. The number of ether oxygens (including phenoxy) is 1. The van der Waals surface area contributed by atoms with Crippen molar-refractivity contribution < 1.29 is 14.7 Å². The SMILES string of the molecule is O=C(OCC1c2ccccc2-c2ccccc21)N(O)Cc1ccccc1. The molecule has 0 aliphatic heterocycles. The molecule has 0 atom stereocenters. The van der Waals surface area contributed by atoms with E-state index >= 15 is 0 Å². The lowest BCUT2D eigenvalue weighted by atomic mass is 9.98. The summed E-state index contributed by atoms with van der Waals surface area (Å²) in [6, 6.07) is 25.6.